The first kappa shape index (κ1) is 11.2. The van der Waals surface area contributed by atoms with Gasteiger partial charge in [-0.25, -0.2) is 0 Å². The van der Waals surface area contributed by atoms with E-state index in [9.17, 15) is 0 Å². The van der Waals surface area contributed by atoms with Gasteiger partial charge in [-0.2, -0.15) is 0 Å². The molecule has 0 aliphatic carbocycles. The lowest BCUT2D eigenvalue weighted by Crippen LogP contribution is -1.72. The average Bonchev–Trinajstić information content (AvgIpc) is 2.76. The summed E-state index contributed by atoms with van der Waals surface area (Å²) in [6, 6.07) is 11.7. The van der Waals surface area contributed by atoms with Crippen LogP contribution in [0.2, 0.25) is 0 Å². The van der Waals surface area contributed by atoms with Gasteiger partial charge in [-0.15, -0.1) is 0 Å². The molecule has 0 amide bonds. The van der Waals surface area contributed by atoms with E-state index in [0.29, 0.717) is 0 Å². The SMILES string of the molecule is OCC=Cc1ccc(-c2ccc(Br)cc2)o1. The van der Waals surface area contributed by atoms with Gasteiger partial charge in [0.25, 0.3) is 0 Å². The lowest BCUT2D eigenvalue weighted by atomic mass is 10.2. The standard InChI is InChI=1S/C13H11BrO2/c14-11-5-3-10(4-6-11)13-8-7-12(16-13)2-1-9-15/h1-8,15H,9H2. The molecular weight excluding hydrogens is 268 g/mol. The van der Waals surface area contributed by atoms with Crippen LogP contribution in [0, 0.1) is 0 Å². The normalized spacial score (nSPS) is 11.1. The molecule has 1 heterocycles. The first-order valence-electron chi connectivity index (χ1n) is 4.93. The molecule has 0 fully saturated rings. The van der Waals surface area contributed by atoms with Crippen molar-refractivity contribution in [2.45, 2.75) is 0 Å². The van der Waals surface area contributed by atoms with E-state index in [4.69, 9.17) is 9.52 Å². The fraction of sp³-hybridized carbons (Fsp3) is 0.0769. The van der Waals surface area contributed by atoms with E-state index in [1.807, 2.05) is 36.4 Å². The van der Waals surface area contributed by atoms with Crippen molar-refractivity contribution >= 4 is 22.0 Å². The van der Waals surface area contributed by atoms with Crippen LogP contribution in [0.25, 0.3) is 17.4 Å². The summed E-state index contributed by atoms with van der Waals surface area (Å²) >= 11 is 3.39. The van der Waals surface area contributed by atoms with Gasteiger partial charge in [0.2, 0.25) is 0 Å². The van der Waals surface area contributed by atoms with Gasteiger partial charge in [-0.3, -0.25) is 0 Å². The number of furan rings is 1. The molecule has 0 radical (unpaired) electrons. The van der Waals surface area contributed by atoms with Crippen molar-refractivity contribution in [1.82, 2.24) is 0 Å². The zero-order valence-corrected chi connectivity index (χ0v) is 10.1. The van der Waals surface area contributed by atoms with E-state index in [2.05, 4.69) is 15.9 Å². The molecule has 0 saturated heterocycles. The van der Waals surface area contributed by atoms with Crippen molar-refractivity contribution in [3.8, 4) is 11.3 Å². The molecule has 0 atom stereocenters. The van der Waals surface area contributed by atoms with Gasteiger partial charge in [0.15, 0.2) is 0 Å². The van der Waals surface area contributed by atoms with Gasteiger partial charge in [-0.1, -0.05) is 34.1 Å². The Morgan fingerprint density at radius 2 is 1.88 bits per heavy atom. The minimum absolute atomic E-state index is 0.0221. The number of halogens is 1. The van der Waals surface area contributed by atoms with Gasteiger partial charge in [-0.05, 0) is 30.3 Å². The predicted octanol–water partition coefficient (Wildman–Crippen LogP) is 3.71. The number of aliphatic hydroxyl groups is 1. The van der Waals surface area contributed by atoms with Crippen LogP contribution in [0.1, 0.15) is 5.76 Å². The Morgan fingerprint density at radius 1 is 1.12 bits per heavy atom. The zero-order valence-electron chi connectivity index (χ0n) is 8.56. The van der Waals surface area contributed by atoms with Crippen molar-refractivity contribution in [2.24, 2.45) is 0 Å². The Kier molecular flexibility index (Phi) is 3.59. The summed E-state index contributed by atoms with van der Waals surface area (Å²) in [6.45, 7) is 0.0221. The monoisotopic (exact) mass is 278 g/mol. The summed E-state index contributed by atoms with van der Waals surface area (Å²) in [5, 5.41) is 8.65. The Bertz CT molecular complexity index is 483. The van der Waals surface area contributed by atoms with Crippen LogP contribution < -0.4 is 0 Å². The number of hydrogen-bond acceptors (Lipinski definition) is 2. The molecule has 0 saturated carbocycles. The molecule has 1 aromatic carbocycles. The number of aliphatic hydroxyl groups excluding tert-OH is 1. The smallest absolute Gasteiger partial charge is 0.134 e. The highest BCUT2D eigenvalue weighted by atomic mass is 79.9. The molecule has 3 heteroatoms. The van der Waals surface area contributed by atoms with Crippen LogP contribution in [0.3, 0.4) is 0 Å². The molecule has 1 N–H and O–H groups in total. The minimum Gasteiger partial charge on any atom is -0.457 e. The summed E-state index contributed by atoms with van der Waals surface area (Å²) < 4.78 is 6.64. The first-order chi connectivity index (χ1) is 7.79. The molecule has 0 spiro atoms. The van der Waals surface area contributed by atoms with Gasteiger partial charge >= 0.3 is 0 Å². The number of benzene rings is 1. The minimum atomic E-state index is 0.0221. The number of rotatable bonds is 3. The van der Waals surface area contributed by atoms with Crippen molar-refractivity contribution in [3.63, 3.8) is 0 Å². The summed E-state index contributed by atoms with van der Waals surface area (Å²) in [7, 11) is 0. The highest BCUT2D eigenvalue weighted by molar-refractivity contribution is 9.10. The summed E-state index contributed by atoms with van der Waals surface area (Å²) in [6.07, 6.45) is 3.40. The molecule has 1 aromatic heterocycles. The molecule has 2 nitrogen and oxygen atoms in total. The Morgan fingerprint density at radius 3 is 2.56 bits per heavy atom. The lowest BCUT2D eigenvalue weighted by molar-refractivity contribution is 0.343. The Labute approximate surface area is 102 Å². The zero-order chi connectivity index (χ0) is 11.4. The quantitative estimate of drug-likeness (QED) is 0.929. The molecule has 0 unspecified atom stereocenters. The predicted molar refractivity (Wildman–Crippen MR) is 68.0 cm³/mol. The van der Waals surface area contributed by atoms with Crippen molar-refractivity contribution in [2.75, 3.05) is 6.61 Å². The van der Waals surface area contributed by atoms with Crippen LogP contribution in [-0.4, -0.2) is 11.7 Å². The van der Waals surface area contributed by atoms with Crippen molar-refractivity contribution < 1.29 is 9.52 Å². The average molecular weight is 279 g/mol. The summed E-state index contributed by atoms with van der Waals surface area (Å²) in [5.74, 6) is 1.57. The third kappa shape index (κ3) is 2.62. The maximum Gasteiger partial charge on any atom is 0.134 e. The van der Waals surface area contributed by atoms with Gasteiger partial charge < -0.3 is 9.52 Å². The molecule has 0 aliphatic rings. The van der Waals surface area contributed by atoms with E-state index in [-0.39, 0.29) is 6.61 Å². The van der Waals surface area contributed by atoms with E-state index in [1.54, 1.807) is 12.2 Å². The van der Waals surface area contributed by atoms with E-state index in [1.165, 1.54) is 0 Å². The topological polar surface area (TPSA) is 33.4 Å². The Balaban J connectivity index is 2.24. The Hall–Kier alpha value is -1.32. The van der Waals surface area contributed by atoms with Crippen molar-refractivity contribution in [1.29, 1.82) is 0 Å². The lowest BCUT2D eigenvalue weighted by Gasteiger charge is -1.96. The molecule has 82 valence electrons. The highest BCUT2D eigenvalue weighted by Gasteiger charge is 2.02. The van der Waals surface area contributed by atoms with Gasteiger partial charge in [0.1, 0.15) is 11.5 Å². The molecule has 2 aromatic rings. The van der Waals surface area contributed by atoms with E-state index < -0.39 is 0 Å². The first-order valence-corrected chi connectivity index (χ1v) is 5.72. The second-order valence-electron chi connectivity index (χ2n) is 3.29. The molecule has 0 bridgehead atoms. The van der Waals surface area contributed by atoms with E-state index >= 15 is 0 Å². The van der Waals surface area contributed by atoms with Gasteiger partial charge in [0.05, 0.1) is 6.61 Å². The molecule has 2 rings (SSSR count). The maximum absolute atomic E-state index is 8.65. The fourth-order valence-electron chi connectivity index (χ4n) is 1.38. The largest absolute Gasteiger partial charge is 0.457 e. The van der Waals surface area contributed by atoms with Gasteiger partial charge in [0, 0.05) is 10.0 Å². The van der Waals surface area contributed by atoms with Crippen LogP contribution in [-0.2, 0) is 0 Å². The van der Waals surface area contributed by atoms with Crippen LogP contribution in [0.15, 0.2) is 51.4 Å². The van der Waals surface area contributed by atoms with Crippen LogP contribution in [0.5, 0.6) is 0 Å². The summed E-state index contributed by atoms with van der Waals surface area (Å²) in [4.78, 5) is 0. The van der Waals surface area contributed by atoms with Crippen molar-refractivity contribution in [3.05, 3.63) is 52.7 Å². The van der Waals surface area contributed by atoms with E-state index in [0.717, 1.165) is 21.6 Å². The number of hydrogen-bond donors (Lipinski definition) is 1. The second kappa shape index (κ2) is 5.14. The highest BCUT2D eigenvalue weighted by Crippen LogP contribution is 2.24. The third-order valence-electron chi connectivity index (χ3n) is 2.14. The molecule has 16 heavy (non-hydrogen) atoms. The summed E-state index contributed by atoms with van der Waals surface area (Å²) in [5.41, 5.74) is 1.03. The maximum atomic E-state index is 8.65. The van der Waals surface area contributed by atoms with Crippen LogP contribution in [0.4, 0.5) is 0 Å². The fourth-order valence-corrected chi connectivity index (χ4v) is 1.64. The second-order valence-corrected chi connectivity index (χ2v) is 4.21. The molecule has 0 aliphatic heterocycles. The third-order valence-corrected chi connectivity index (χ3v) is 2.67. The molecular formula is C13H11BrO2. The van der Waals surface area contributed by atoms with Crippen LogP contribution >= 0.6 is 15.9 Å².